The fourth-order valence-corrected chi connectivity index (χ4v) is 2.99. The van der Waals surface area contributed by atoms with Crippen molar-refractivity contribution in [1.29, 1.82) is 0 Å². The molecule has 2 N–H and O–H groups in total. The molecule has 4 nitrogen and oxygen atoms in total. The van der Waals surface area contributed by atoms with E-state index in [9.17, 15) is 4.79 Å². The monoisotopic (exact) mass is 305 g/mol. The molecule has 0 atom stereocenters. The van der Waals surface area contributed by atoms with Crippen LogP contribution in [-0.2, 0) is 4.74 Å². The fourth-order valence-electron chi connectivity index (χ4n) is 2.99. The van der Waals surface area contributed by atoms with Gasteiger partial charge in [-0.05, 0) is 42.9 Å². The van der Waals surface area contributed by atoms with Gasteiger partial charge in [0.15, 0.2) is 0 Å². The van der Waals surface area contributed by atoms with E-state index in [0.717, 1.165) is 12.0 Å². The lowest BCUT2D eigenvalue weighted by Crippen LogP contribution is -2.25. The van der Waals surface area contributed by atoms with Crippen LogP contribution in [0.5, 0.6) is 0 Å². The van der Waals surface area contributed by atoms with Gasteiger partial charge in [0.1, 0.15) is 0 Å². The number of aliphatic hydroxyl groups is 1. The van der Waals surface area contributed by atoms with Crippen LogP contribution in [0.2, 0.25) is 0 Å². The molecular formula is C18H27NO3. The number of carbonyl (C=O) groups excluding carboxylic acids is 1. The van der Waals surface area contributed by atoms with Crippen molar-refractivity contribution >= 4 is 5.91 Å². The van der Waals surface area contributed by atoms with Gasteiger partial charge in [-0.1, -0.05) is 31.4 Å². The molecule has 22 heavy (non-hydrogen) atoms. The van der Waals surface area contributed by atoms with Crippen molar-refractivity contribution in [2.75, 3.05) is 26.4 Å². The van der Waals surface area contributed by atoms with Crippen molar-refractivity contribution in [2.24, 2.45) is 0 Å². The zero-order valence-electron chi connectivity index (χ0n) is 13.2. The lowest BCUT2D eigenvalue weighted by atomic mass is 9.84. The van der Waals surface area contributed by atoms with Gasteiger partial charge < -0.3 is 15.2 Å². The van der Waals surface area contributed by atoms with Crippen molar-refractivity contribution in [2.45, 2.75) is 44.4 Å². The Morgan fingerprint density at radius 3 is 2.55 bits per heavy atom. The minimum absolute atomic E-state index is 0.0302. The van der Waals surface area contributed by atoms with Gasteiger partial charge in [0, 0.05) is 18.7 Å². The third-order valence-electron chi connectivity index (χ3n) is 4.24. The molecule has 122 valence electrons. The minimum atomic E-state index is -0.0302. The van der Waals surface area contributed by atoms with E-state index >= 15 is 0 Å². The second kappa shape index (κ2) is 9.59. The van der Waals surface area contributed by atoms with Gasteiger partial charge in [0.2, 0.25) is 0 Å². The molecule has 0 radical (unpaired) electrons. The maximum absolute atomic E-state index is 12.0. The van der Waals surface area contributed by atoms with E-state index in [-0.39, 0.29) is 12.5 Å². The zero-order valence-corrected chi connectivity index (χ0v) is 13.2. The molecule has 0 spiro atoms. The molecule has 1 aliphatic rings. The van der Waals surface area contributed by atoms with Crippen LogP contribution in [0.4, 0.5) is 0 Å². The summed E-state index contributed by atoms with van der Waals surface area (Å²) in [5, 5.41) is 11.5. The van der Waals surface area contributed by atoms with Crippen molar-refractivity contribution < 1.29 is 14.6 Å². The van der Waals surface area contributed by atoms with Gasteiger partial charge in [0.25, 0.3) is 5.91 Å². The number of amides is 1. The van der Waals surface area contributed by atoms with E-state index in [1.807, 2.05) is 12.1 Å². The highest BCUT2D eigenvalue weighted by Gasteiger charge is 2.15. The predicted octanol–water partition coefficient (Wildman–Crippen LogP) is 2.86. The number of nitrogens with one attached hydrogen (secondary N) is 1. The molecule has 2 rings (SSSR count). The molecule has 0 aliphatic heterocycles. The lowest BCUT2D eigenvalue weighted by molar-refractivity contribution is 0.0867. The van der Waals surface area contributed by atoms with Gasteiger partial charge >= 0.3 is 0 Å². The third kappa shape index (κ3) is 5.43. The molecule has 0 bridgehead atoms. The molecule has 1 amide bonds. The van der Waals surface area contributed by atoms with Gasteiger partial charge in [0.05, 0.1) is 13.2 Å². The van der Waals surface area contributed by atoms with Crippen LogP contribution in [0.1, 0.15) is 60.4 Å². The van der Waals surface area contributed by atoms with Crippen LogP contribution in [-0.4, -0.2) is 37.4 Å². The van der Waals surface area contributed by atoms with E-state index in [0.29, 0.717) is 25.7 Å². The summed E-state index contributed by atoms with van der Waals surface area (Å²) >= 11 is 0. The molecule has 1 aliphatic carbocycles. The summed E-state index contributed by atoms with van der Waals surface area (Å²) in [6.07, 6.45) is 7.32. The van der Waals surface area contributed by atoms with Crippen LogP contribution in [0.25, 0.3) is 0 Å². The number of benzene rings is 1. The molecule has 0 heterocycles. The Bertz CT molecular complexity index is 438. The van der Waals surface area contributed by atoms with E-state index in [1.54, 1.807) is 0 Å². The quantitative estimate of drug-likeness (QED) is 0.726. The number of hydrogen-bond donors (Lipinski definition) is 2. The Morgan fingerprint density at radius 1 is 1.14 bits per heavy atom. The van der Waals surface area contributed by atoms with Crippen molar-refractivity contribution in [3.05, 3.63) is 35.4 Å². The maximum Gasteiger partial charge on any atom is 0.251 e. The fraction of sp³-hybridized carbons (Fsp3) is 0.611. The van der Waals surface area contributed by atoms with Crippen LogP contribution >= 0.6 is 0 Å². The molecule has 1 aromatic carbocycles. The molecule has 1 aromatic rings. The highest BCUT2D eigenvalue weighted by atomic mass is 16.5. The van der Waals surface area contributed by atoms with E-state index in [1.165, 1.54) is 37.7 Å². The standard InChI is InChI=1S/C18H27NO3/c20-12-14-22-13-4-11-19-18(21)17-9-7-16(8-10-17)15-5-2-1-3-6-15/h7-10,15,20H,1-6,11-14H2,(H,19,21). The Morgan fingerprint density at radius 2 is 1.86 bits per heavy atom. The first kappa shape index (κ1) is 17.0. The topological polar surface area (TPSA) is 58.6 Å². The van der Waals surface area contributed by atoms with E-state index in [2.05, 4.69) is 17.4 Å². The highest BCUT2D eigenvalue weighted by Crippen LogP contribution is 2.32. The Balaban J connectivity index is 1.73. The van der Waals surface area contributed by atoms with Gasteiger partial charge in [-0.15, -0.1) is 0 Å². The summed E-state index contributed by atoms with van der Waals surface area (Å²) < 4.78 is 5.15. The number of rotatable bonds is 8. The molecular weight excluding hydrogens is 278 g/mol. The number of ether oxygens (including phenoxy) is 1. The van der Waals surface area contributed by atoms with Crippen molar-refractivity contribution in [3.63, 3.8) is 0 Å². The first-order chi connectivity index (χ1) is 10.8. The molecule has 1 fully saturated rings. The minimum Gasteiger partial charge on any atom is -0.394 e. The average molecular weight is 305 g/mol. The molecule has 4 heteroatoms. The molecule has 1 saturated carbocycles. The summed E-state index contributed by atoms with van der Waals surface area (Å²) in [6.45, 7) is 1.55. The maximum atomic E-state index is 12.0. The second-order valence-electron chi connectivity index (χ2n) is 5.90. The lowest BCUT2D eigenvalue weighted by Gasteiger charge is -2.22. The van der Waals surface area contributed by atoms with Crippen LogP contribution < -0.4 is 5.32 Å². The Labute approximate surface area is 132 Å². The van der Waals surface area contributed by atoms with E-state index < -0.39 is 0 Å². The van der Waals surface area contributed by atoms with Crippen LogP contribution in [0.3, 0.4) is 0 Å². The first-order valence-electron chi connectivity index (χ1n) is 8.38. The first-order valence-corrected chi connectivity index (χ1v) is 8.38. The number of carbonyl (C=O) groups is 1. The smallest absolute Gasteiger partial charge is 0.251 e. The number of hydrogen-bond acceptors (Lipinski definition) is 3. The summed E-state index contributed by atoms with van der Waals surface area (Å²) in [5.41, 5.74) is 2.09. The normalized spacial score (nSPS) is 15.7. The van der Waals surface area contributed by atoms with Crippen molar-refractivity contribution in [1.82, 2.24) is 5.32 Å². The molecule has 0 unspecified atom stereocenters. The molecule has 0 saturated heterocycles. The van der Waals surface area contributed by atoms with E-state index in [4.69, 9.17) is 9.84 Å². The van der Waals surface area contributed by atoms with Crippen LogP contribution in [0.15, 0.2) is 24.3 Å². The van der Waals surface area contributed by atoms with Gasteiger partial charge in [-0.3, -0.25) is 4.79 Å². The number of aliphatic hydroxyl groups excluding tert-OH is 1. The summed E-state index contributed by atoms with van der Waals surface area (Å²) in [7, 11) is 0. The third-order valence-corrected chi connectivity index (χ3v) is 4.24. The van der Waals surface area contributed by atoms with Gasteiger partial charge in [-0.2, -0.15) is 0 Å². The van der Waals surface area contributed by atoms with Crippen LogP contribution in [0, 0.1) is 0 Å². The average Bonchev–Trinajstić information content (AvgIpc) is 2.59. The summed E-state index contributed by atoms with van der Waals surface area (Å²) in [4.78, 5) is 12.0. The highest BCUT2D eigenvalue weighted by molar-refractivity contribution is 5.94. The largest absolute Gasteiger partial charge is 0.394 e. The summed E-state index contributed by atoms with van der Waals surface area (Å²) in [5.74, 6) is 0.645. The SMILES string of the molecule is O=C(NCCCOCCO)c1ccc(C2CCCCC2)cc1. The molecule has 0 aromatic heterocycles. The Hall–Kier alpha value is -1.39. The summed E-state index contributed by atoms with van der Waals surface area (Å²) in [6, 6.07) is 8.08. The second-order valence-corrected chi connectivity index (χ2v) is 5.90. The Kier molecular flexibility index (Phi) is 7.40. The van der Waals surface area contributed by atoms with Crippen molar-refractivity contribution in [3.8, 4) is 0 Å². The zero-order chi connectivity index (χ0) is 15.6. The van der Waals surface area contributed by atoms with Gasteiger partial charge in [-0.25, -0.2) is 0 Å². The predicted molar refractivity (Wildman–Crippen MR) is 87.1 cm³/mol.